The van der Waals surface area contributed by atoms with E-state index in [-0.39, 0.29) is 16.4 Å². The highest BCUT2D eigenvalue weighted by atomic mass is 32.2. The fourth-order valence-electron chi connectivity index (χ4n) is 2.14. The minimum atomic E-state index is -1.30. The molecule has 25 heavy (non-hydrogen) atoms. The number of nitrogens with zero attached hydrogens (tertiary/aromatic N) is 1. The van der Waals surface area contributed by atoms with Crippen molar-refractivity contribution >= 4 is 35.0 Å². The van der Waals surface area contributed by atoms with Gasteiger partial charge in [-0.1, -0.05) is 0 Å². The van der Waals surface area contributed by atoms with Crippen LogP contribution in [0.25, 0.3) is 17.4 Å². The molecule has 1 aliphatic heterocycles. The smallest absolute Gasteiger partial charge is 0.323 e. The van der Waals surface area contributed by atoms with Crippen molar-refractivity contribution in [2.75, 3.05) is 6.54 Å². The molecule has 128 valence electrons. The molecule has 0 spiro atoms. The number of carboxylic acid groups (broad SMARTS) is 1. The van der Waals surface area contributed by atoms with E-state index in [1.165, 1.54) is 24.3 Å². The zero-order valence-corrected chi connectivity index (χ0v) is 13.2. The predicted molar refractivity (Wildman–Crippen MR) is 84.4 cm³/mol. The summed E-state index contributed by atoms with van der Waals surface area (Å²) in [5, 5.41) is 8.02. The second-order valence-electron chi connectivity index (χ2n) is 4.99. The van der Waals surface area contributed by atoms with Gasteiger partial charge in [-0.15, -0.1) is 0 Å². The second kappa shape index (κ2) is 6.52. The van der Waals surface area contributed by atoms with Crippen LogP contribution in [0.5, 0.6) is 0 Å². The van der Waals surface area contributed by atoms with Gasteiger partial charge in [0.25, 0.3) is 11.1 Å². The van der Waals surface area contributed by atoms with Crippen molar-refractivity contribution < 1.29 is 32.7 Å². The molecule has 2 aromatic rings. The molecule has 1 fully saturated rings. The number of carbonyl (C=O) groups excluding carboxylic acids is 2. The molecular formula is C16H9F2NO5S. The lowest BCUT2D eigenvalue weighted by atomic mass is 10.1. The van der Waals surface area contributed by atoms with Gasteiger partial charge < -0.3 is 9.52 Å². The first-order valence-electron chi connectivity index (χ1n) is 6.87. The van der Waals surface area contributed by atoms with Crippen LogP contribution in [0.15, 0.2) is 39.7 Å². The predicted octanol–water partition coefficient (Wildman–Crippen LogP) is 3.35. The maximum absolute atomic E-state index is 13.3. The standard InChI is InChI=1S/C16H9F2NO5S/c17-10-3-1-8(5-11(10)18)12-4-2-9(24-12)6-13-15(22)19(7-14(20)21)16(23)25-13/h1-6H,7H2,(H,20,21)/b13-6-. The summed E-state index contributed by atoms with van der Waals surface area (Å²) in [5.74, 6) is -3.59. The Bertz CT molecular complexity index is 921. The van der Waals surface area contributed by atoms with Crippen LogP contribution in [0.4, 0.5) is 13.6 Å². The van der Waals surface area contributed by atoms with Crippen LogP contribution in [-0.2, 0) is 9.59 Å². The van der Waals surface area contributed by atoms with Crippen LogP contribution < -0.4 is 0 Å². The molecule has 3 rings (SSSR count). The van der Waals surface area contributed by atoms with Gasteiger partial charge in [0.1, 0.15) is 18.1 Å². The van der Waals surface area contributed by atoms with E-state index in [0.717, 1.165) is 12.1 Å². The van der Waals surface area contributed by atoms with Gasteiger partial charge >= 0.3 is 5.97 Å². The summed E-state index contributed by atoms with van der Waals surface area (Å²) >= 11 is 0.594. The van der Waals surface area contributed by atoms with Crippen molar-refractivity contribution in [1.82, 2.24) is 4.90 Å². The van der Waals surface area contributed by atoms with E-state index in [1.807, 2.05) is 0 Å². The van der Waals surface area contributed by atoms with E-state index in [9.17, 15) is 23.2 Å². The average molecular weight is 365 g/mol. The van der Waals surface area contributed by atoms with Crippen LogP contribution in [-0.4, -0.2) is 33.7 Å². The van der Waals surface area contributed by atoms with E-state index >= 15 is 0 Å². The summed E-state index contributed by atoms with van der Waals surface area (Å²) in [6.07, 6.45) is 1.29. The van der Waals surface area contributed by atoms with Crippen molar-refractivity contribution in [2.45, 2.75) is 0 Å². The minimum absolute atomic E-state index is 0.0115. The van der Waals surface area contributed by atoms with E-state index in [4.69, 9.17) is 9.52 Å². The lowest BCUT2D eigenvalue weighted by Crippen LogP contribution is -2.33. The fourth-order valence-corrected chi connectivity index (χ4v) is 2.95. The van der Waals surface area contributed by atoms with Crippen LogP contribution in [0.1, 0.15) is 5.76 Å². The molecule has 1 saturated heterocycles. The molecule has 0 radical (unpaired) electrons. The van der Waals surface area contributed by atoms with Crippen molar-refractivity contribution in [1.29, 1.82) is 0 Å². The number of aliphatic carboxylic acids is 1. The number of halogens is 2. The normalized spacial score (nSPS) is 16.1. The van der Waals surface area contributed by atoms with Gasteiger partial charge in [0, 0.05) is 11.6 Å². The van der Waals surface area contributed by atoms with Gasteiger partial charge in [-0.2, -0.15) is 0 Å². The highest BCUT2D eigenvalue weighted by molar-refractivity contribution is 8.18. The lowest BCUT2D eigenvalue weighted by Gasteiger charge is -2.07. The molecule has 1 aromatic heterocycles. The number of thioether (sulfide) groups is 1. The third-order valence-electron chi connectivity index (χ3n) is 3.27. The Morgan fingerprint density at radius 3 is 2.64 bits per heavy atom. The summed E-state index contributed by atoms with van der Waals surface area (Å²) in [6.45, 7) is -0.722. The Morgan fingerprint density at radius 2 is 1.96 bits per heavy atom. The summed E-state index contributed by atoms with van der Waals surface area (Å²) in [5.41, 5.74) is 0.303. The lowest BCUT2D eigenvalue weighted by molar-refractivity contribution is -0.140. The number of carboxylic acids is 1. The summed E-state index contributed by atoms with van der Waals surface area (Å²) in [4.78, 5) is 35.0. The molecule has 1 N–H and O–H groups in total. The number of furan rings is 1. The quantitative estimate of drug-likeness (QED) is 0.836. The van der Waals surface area contributed by atoms with Crippen LogP contribution in [0.3, 0.4) is 0 Å². The zero-order chi connectivity index (χ0) is 18.1. The Morgan fingerprint density at radius 1 is 1.20 bits per heavy atom. The second-order valence-corrected chi connectivity index (χ2v) is 5.99. The molecule has 0 saturated carbocycles. The van der Waals surface area contributed by atoms with Gasteiger partial charge in [0.15, 0.2) is 11.6 Å². The first-order valence-corrected chi connectivity index (χ1v) is 7.69. The van der Waals surface area contributed by atoms with E-state index in [0.29, 0.717) is 22.2 Å². The summed E-state index contributed by atoms with van der Waals surface area (Å²) in [7, 11) is 0. The Balaban J connectivity index is 1.84. The maximum atomic E-state index is 13.3. The third-order valence-corrected chi connectivity index (χ3v) is 4.18. The molecule has 0 atom stereocenters. The Hall–Kier alpha value is -2.94. The van der Waals surface area contributed by atoms with Gasteiger partial charge in [0.2, 0.25) is 0 Å². The third kappa shape index (κ3) is 3.45. The SMILES string of the molecule is O=C(O)CN1C(=O)S/C(=C\c2ccc(-c3ccc(F)c(F)c3)o2)C1=O. The molecule has 0 aliphatic carbocycles. The number of carbonyl (C=O) groups is 3. The number of hydrogen-bond acceptors (Lipinski definition) is 5. The topological polar surface area (TPSA) is 87.8 Å². The Labute approximate surface area is 143 Å². The highest BCUT2D eigenvalue weighted by Gasteiger charge is 2.36. The molecule has 1 aliphatic rings. The van der Waals surface area contributed by atoms with Gasteiger partial charge in [-0.3, -0.25) is 19.3 Å². The Kier molecular flexibility index (Phi) is 4.41. The van der Waals surface area contributed by atoms with Crippen molar-refractivity contribution in [2.24, 2.45) is 0 Å². The van der Waals surface area contributed by atoms with Crippen molar-refractivity contribution in [3.05, 3.63) is 52.6 Å². The average Bonchev–Trinajstić information content (AvgIpc) is 3.11. The molecule has 0 bridgehead atoms. The molecule has 1 aromatic carbocycles. The molecular weight excluding hydrogens is 356 g/mol. The molecule has 2 amide bonds. The summed E-state index contributed by atoms with van der Waals surface area (Å²) in [6, 6.07) is 6.26. The van der Waals surface area contributed by atoms with Crippen LogP contribution in [0, 0.1) is 11.6 Å². The van der Waals surface area contributed by atoms with Gasteiger partial charge in [-0.05, 0) is 42.1 Å². The molecule has 0 unspecified atom stereocenters. The fraction of sp³-hybridized carbons (Fsp3) is 0.0625. The number of imide groups is 1. The largest absolute Gasteiger partial charge is 0.480 e. The number of amides is 2. The molecule has 9 heteroatoms. The zero-order valence-electron chi connectivity index (χ0n) is 12.4. The van der Waals surface area contributed by atoms with E-state index < -0.39 is 35.3 Å². The molecule has 2 heterocycles. The van der Waals surface area contributed by atoms with Crippen molar-refractivity contribution in [3.63, 3.8) is 0 Å². The monoisotopic (exact) mass is 365 g/mol. The summed E-state index contributed by atoms with van der Waals surface area (Å²) < 4.78 is 31.7. The van der Waals surface area contributed by atoms with Crippen LogP contribution in [0.2, 0.25) is 0 Å². The minimum Gasteiger partial charge on any atom is -0.480 e. The van der Waals surface area contributed by atoms with Gasteiger partial charge in [-0.25, -0.2) is 8.78 Å². The maximum Gasteiger partial charge on any atom is 0.323 e. The van der Waals surface area contributed by atoms with Gasteiger partial charge in [0.05, 0.1) is 4.91 Å². The first-order chi connectivity index (χ1) is 11.8. The van der Waals surface area contributed by atoms with E-state index in [1.54, 1.807) is 0 Å². The number of hydrogen-bond donors (Lipinski definition) is 1. The highest BCUT2D eigenvalue weighted by Crippen LogP contribution is 2.33. The number of benzene rings is 1. The van der Waals surface area contributed by atoms with Crippen molar-refractivity contribution in [3.8, 4) is 11.3 Å². The number of rotatable bonds is 4. The molecule has 6 nitrogen and oxygen atoms in total. The first kappa shape index (κ1) is 16.9. The van der Waals surface area contributed by atoms with Crippen LogP contribution >= 0.6 is 11.8 Å². The van der Waals surface area contributed by atoms with E-state index in [2.05, 4.69) is 0 Å².